The van der Waals surface area contributed by atoms with E-state index in [2.05, 4.69) is 17.5 Å². The van der Waals surface area contributed by atoms with Crippen molar-refractivity contribution < 1.29 is 9.53 Å². The Morgan fingerprint density at radius 3 is 3.00 bits per heavy atom. The van der Waals surface area contributed by atoms with Gasteiger partial charge in [0.2, 0.25) is 0 Å². The van der Waals surface area contributed by atoms with Gasteiger partial charge in [0.25, 0.3) is 5.91 Å². The fraction of sp³-hybridized carbons (Fsp3) is 0.368. The quantitative estimate of drug-likeness (QED) is 0.673. The minimum atomic E-state index is -0.135. The number of carbonyl (C=O) groups excluding carboxylic acids is 1. The molecule has 0 aliphatic heterocycles. The van der Waals surface area contributed by atoms with Crippen LogP contribution in [0.1, 0.15) is 45.9 Å². The fourth-order valence-corrected chi connectivity index (χ4v) is 4.02. The number of fused-ring (bicyclic) bond motifs is 1. The summed E-state index contributed by atoms with van der Waals surface area (Å²) >= 11 is 1.60. The maximum absolute atomic E-state index is 12.4. The molecule has 0 saturated heterocycles. The smallest absolute Gasteiger partial charge is 0.281 e. The second-order valence-electron chi connectivity index (χ2n) is 6.28. The first-order valence-electron chi connectivity index (χ1n) is 8.17. The van der Waals surface area contributed by atoms with Crippen LogP contribution < -0.4 is 10.2 Å². The Morgan fingerprint density at radius 2 is 2.21 bits per heavy atom. The molecule has 5 heteroatoms. The Bertz CT molecular complexity index is 779. The standard InChI is InChI=1S/C19H22N2O2S/c1-12-7-8-17-15(9-12)11-18(24-17)19(22)21-20-13(2)14-5-4-6-16(10-14)23-3/h4-6,10-12H,7-9H2,1-3H3,(H,21,22)/b20-13+. The van der Waals surface area contributed by atoms with Gasteiger partial charge in [-0.2, -0.15) is 5.10 Å². The van der Waals surface area contributed by atoms with Gasteiger partial charge in [-0.25, -0.2) is 5.43 Å². The molecule has 1 heterocycles. The largest absolute Gasteiger partial charge is 0.497 e. The molecule has 1 aromatic heterocycles. The van der Waals surface area contributed by atoms with Crippen molar-refractivity contribution >= 4 is 23.0 Å². The van der Waals surface area contributed by atoms with Gasteiger partial charge in [-0.05, 0) is 55.9 Å². The molecule has 0 bridgehead atoms. The maximum Gasteiger partial charge on any atom is 0.281 e. The highest BCUT2D eigenvalue weighted by molar-refractivity contribution is 7.14. The van der Waals surface area contributed by atoms with Crippen LogP contribution in [0.5, 0.6) is 5.75 Å². The van der Waals surface area contributed by atoms with E-state index in [1.807, 2.05) is 37.3 Å². The molecule has 1 atom stereocenters. The van der Waals surface area contributed by atoms with Crippen molar-refractivity contribution in [2.45, 2.75) is 33.1 Å². The third-order valence-electron chi connectivity index (χ3n) is 4.37. The summed E-state index contributed by atoms with van der Waals surface area (Å²) in [6.45, 7) is 4.14. The molecule has 0 radical (unpaired) electrons. The minimum absolute atomic E-state index is 0.135. The first kappa shape index (κ1) is 16.7. The molecule has 1 aliphatic rings. The molecule has 1 N–H and O–H groups in total. The van der Waals surface area contributed by atoms with E-state index in [-0.39, 0.29) is 5.91 Å². The number of thiophene rings is 1. The number of ether oxygens (including phenoxy) is 1. The van der Waals surface area contributed by atoms with Crippen LogP contribution >= 0.6 is 11.3 Å². The highest BCUT2D eigenvalue weighted by atomic mass is 32.1. The molecule has 3 rings (SSSR count). The number of rotatable bonds is 4. The average molecular weight is 342 g/mol. The molecule has 0 saturated carbocycles. The normalized spacial score (nSPS) is 17.3. The van der Waals surface area contributed by atoms with Crippen LogP contribution in [-0.4, -0.2) is 18.7 Å². The van der Waals surface area contributed by atoms with Crippen molar-refractivity contribution in [3.05, 3.63) is 51.2 Å². The van der Waals surface area contributed by atoms with E-state index < -0.39 is 0 Å². The van der Waals surface area contributed by atoms with Gasteiger partial charge in [-0.3, -0.25) is 4.79 Å². The molecule has 4 nitrogen and oxygen atoms in total. The summed E-state index contributed by atoms with van der Waals surface area (Å²) < 4.78 is 5.21. The zero-order valence-corrected chi connectivity index (χ0v) is 15.1. The Labute approximate surface area is 146 Å². The van der Waals surface area contributed by atoms with E-state index in [1.54, 1.807) is 18.4 Å². The lowest BCUT2D eigenvalue weighted by atomic mass is 9.90. The summed E-state index contributed by atoms with van der Waals surface area (Å²) in [5.74, 6) is 1.34. The van der Waals surface area contributed by atoms with E-state index in [0.29, 0.717) is 5.92 Å². The van der Waals surface area contributed by atoms with Crippen molar-refractivity contribution in [3.8, 4) is 5.75 Å². The predicted molar refractivity (Wildman–Crippen MR) is 98.2 cm³/mol. The van der Waals surface area contributed by atoms with Gasteiger partial charge in [0.15, 0.2) is 0 Å². The lowest BCUT2D eigenvalue weighted by molar-refractivity contribution is 0.0959. The maximum atomic E-state index is 12.4. The van der Waals surface area contributed by atoms with E-state index in [0.717, 1.165) is 34.7 Å². The molecule has 126 valence electrons. The number of amides is 1. The van der Waals surface area contributed by atoms with Gasteiger partial charge in [-0.15, -0.1) is 11.3 Å². The summed E-state index contributed by atoms with van der Waals surface area (Å²) in [6, 6.07) is 9.66. The molecule has 2 aromatic rings. The molecule has 0 spiro atoms. The van der Waals surface area contributed by atoms with Gasteiger partial charge in [-0.1, -0.05) is 19.1 Å². The zero-order chi connectivity index (χ0) is 17.1. The van der Waals surface area contributed by atoms with Crippen LogP contribution in [0.4, 0.5) is 0 Å². The van der Waals surface area contributed by atoms with E-state index in [1.165, 1.54) is 16.9 Å². The third kappa shape index (κ3) is 3.67. The molecular formula is C19H22N2O2S. The highest BCUT2D eigenvalue weighted by Gasteiger charge is 2.20. The molecule has 24 heavy (non-hydrogen) atoms. The van der Waals surface area contributed by atoms with Crippen LogP contribution in [0.25, 0.3) is 0 Å². The molecule has 1 aromatic carbocycles. The number of hydrogen-bond donors (Lipinski definition) is 1. The summed E-state index contributed by atoms with van der Waals surface area (Å²) in [4.78, 5) is 14.5. The number of hydrogen-bond acceptors (Lipinski definition) is 4. The summed E-state index contributed by atoms with van der Waals surface area (Å²) in [5, 5.41) is 4.24. The molecular weight excluding hydrogens is 320 g/mol. The van der Waals surface area contributed by atoms with E-state index in [9.17, 15) is 4.79 Å². The minimum Gasteiger partial charge on any atom is -0.497 e. The first-order chi connectivity index (χ1) is 11.6. The van der Waals surface area contributed by atoms with Gasteiger partial charge in [0.1, 0.15) is 5.75 Å². The molecule has 0 fully saturated rings. The summed E-state index contributed by atoms with van der Waals surface area (Å²) in [5.41, 5.74) is 5.68. The Kier molecular flexibility index (Phi) is 5.00. The van der Waals surface area contributed by atoms with Crippen molar-refractivity contribution in [3.63, 3.8) is 0 Å². The van der Waals surface area contributed by atoms with Crippen molar-refractivity contribution in [2.75, 3.05) is 7.11 Å². The van der Waals surface area contributed by atoms with E-state index in [4.69, 9.17) is 4.74 Å². The van der Waals surface area contributed by atoms with Crippen LogP contribution in [0, 0.1) is 5.92 Å². The van der Waals surface area contributed by atoms with Gasteiger partial charge < -0.3 is 4.74 Å². The lowest BCUT2D eigenvalue weighted by Crippen LogP contribution is -2.18. The van der Waals surface area contributed by atoms with Crippen molar-refractivity contribution in [1.29, 1.82) is 0 Å². The second kappa shape index (κ2) is 7.18. The number of hydrazone groups is 1. The predicted octanol–water partition coefficient (Wildman–Crippen LogP) is 4.04. The molecule has 1 aliphatic carbocycles. The number of benzene rings is 1. The Morgan fingerprint density at radius 1 is 1.38 bits per heavy atom. The number of methoxy groups -OCH3 is 1. The van der Waals surface area contributed by atoms with Gasteiger partial charge >= 0.3 is 0 Å². The van der Waals surface area contributed by atoms with Gasteiger partial charge in [0, 0.05) is 10.4 Å². The summed E-state index contributed by atoms with van der Waals surface area (Å²) in [7, 11) is 1.63. The third-order valence-corrected chi connectivity index (χ3v) is 5.60. The number of carbonyl (C=O) groups is 1. The second-order valence-corrected chi connectivity index (χ2v) is 7.41. The Hall–Kier alpha value is -2.14. The van der Waals surface area contributed by atoms with Crippen molar-refractivity contribution in [1.82, 2.24) is 5.43 Å². The highest BCUT2D eigenvalue weighted by Crippen LogP contribution is 2.32. The molecule has 1 unspecified atom stereocenters. The first-order valence-corrected chi connectivity index (χ1v) is 8.99. The number of aryl methyl sites for hydroxylation is 1. The number of nitrogens with zero attached hydrogens (tertiary/aromatic N) is 1. The monoisotopic (exact) mass is 342 g/mol. The Balaban J connectivity index is 1.70. The lowest BCUT2D eigenvalue weighted by Gasteiger charge is -2.16. The van der Waals surface area contributed by atoms with Gasteiger partial charge in [0.05, 0.1) is 17.7 Å². The van der Waals surface area contributed by atoms with Crippen LogP contribution in [0.3, 0.4) is 0 Å². The van der Waals surface area contributed by atoms with Crippen LogP contribution in [0.2, 0.25) is 0 Å². The van der Waals surface area contributed by atoms with Crippen molar-refractivity contribution in [2.24, 2.45) is 11.0 Å². The fourth-order valence-electron chi connectivity index (χ4n) is 2.92. The topological polar surface area (TPSA) is 50.7 Å². The zero-order valence-electron chi connectivity index (χ0n) is 14.3. The van der Waals surface area contributed by atoms with Crippen LogP contribution in [0.15, 0.2) is 35.4 Å². The number of nitrogens with one attached hydrogen (secondary N) is 1. The van der Waals surface area contributed by atoms with E-state index >= 15 is 0 Å². The van der Waals surface area contributed by atoms with Crippen LogP contribution in [-0.2, 0) is 12.8 Å². The SMILES string of the molecule is COc1cccc(/C(C)=N/NC(=O)c2cc3c(s2)CCC(C)C3)c1. The average Bonchev–Trinajstić information content (AvgIpc) is 3.02. The summed E-state index contributed by atoms with van der Waals surface area (Å²) in [6.07, 6.45) is 3.37. The molecule has 1 amide bonds.